The SMILES string of the molecule is CC1NCC2=CC(N=C(N)c3c(NC4CC45CCCC[C@@H]5C#N)cc[nH]c3=O)=CCC21. The van der Waals surface area contributed by atoms with Gasteiger partial charge in [-0.3, -0.25) is 4.79 Å². The summed E-state index contributed by atoms with van der Waals surface area (Å²) in [4.78, 5) is 20.0. The van der Waals surface area contributed by atoms with Crippen molar-refractivity contribution in [3.63, 3.8) is 0 Å². The fourth-order valence-electron chi connectivity index (χ4n) is 5.83. The maximum atomic E-state index is 12.7. The van der Waals surface area contributed by atoms with Crippen LogP contribution in [0.5, 0.6) is 0 Å². The van der Waals surface area contributed by atoms with E-state index in [9.17, 15) is 10.1 Å². The van der Waals surface area contributed by atoms with Gasteiger partial charge in [0.2, 0.25) is 0 Å². The highest BCUT2D eigenvalue weighted by Crippen LogP contribution is 2.60. The number of rotatable bonds is 4. The highest BCUT2D eigenvalue weighted by atomic mass is 16.1. The Morgan fingerprint density at radius 2 is 2.29 bits per heavy atom. The Bertz CT molecular complexity index is 1080. The van der Waals surface area contributed by atoms with Crippen molar-refractivity contribution in [3.05, 3.63) is 51.6 Å². The predicted molar refractivity (Wildman–Crippen MR) is 122 cm³/mol. The van der Waals surface area contributed by atoms with Crippen molar-refractivity contribution in [2.24, 2.45) is 28.0 Å². The number of hydrogen-bond donors (Lipinski definition) is 4. The lowest BCUT2D eigenvalue weighted by atomic mass is 9.76. The summed E-state index contributed by atoms with van der Waals surface area (Å²) in [7, 11) is 0. The van der Waals surface area contributed by atoms with Gasteiger partial charge in [-0.25, -0.2) is 4.99 Å². The Labute approximate surface area is 182 Å². The summed E-state index contributed by atoms with van der Waals surface area (Å²) < 4.78 is 0. The highest BCUT2D eigenvalue weighted by Gasteiger charge is 2.59. The molecule has 1 spiro atoms. The van der Waals surface area contributed by atoms with Crippen molar-refractivity contribution in [2.45, 2.75) is 57.5 Å². The molecule has 0 bridgehead atoms. The molecule has 4 unspecified atom stereocenters. The number of aliphatic imine (C=N–C) groups is 1. The third kappa shape index (κ3) is 3.49. The maximum absolute atomic E-state index is 12.7. The molecule has 3 aliphatic carbocycles. The topological polar surface area (TPSA) is 119 Å². The standard InChI is InChI=1S/C24H30N6O/c1-14-18-6-5-17(10-15(18)13-28-14)29-22(26)21-19(7-9-27-23(21)31)30-20-11-24(20)8-3-2-4-16(24)12-25/h5,7,9-10,14,16,18,20,28H,2-4,6,8,11,13H2,1H3,(H2,26,29)(H2,27,30,31)/t14?,16-,18?,20?,24?/m1/s1. The van der Waals surface area contributed by atoms with Crippen LogP contribution in [0.3, 0.4) is 0 Å². The fourth-order valence-corrected chi connectivity index (χ4v) is 5.83. The van der Waals surface area contributed by atoms with E-state index >= 15 is 0 Å². The number of pyridine rings is 1. The van der Waals surface area contributed by atoms with Gasteiger partial charge in [0.1, 0.15) is 11.4 Å². The summed E-state index contributed by atoms with van der Waals surface area (Å²) in [5, 5.41) is 16.6. The Balaban J connectivity index is 1.39. The number of amidine groups is 1. The molecule has 5 N–H and O–H groups in total. The monoisotopic (exact) mass is 418 g/mol. The molecule has 162 valence electrons. The van der Waals surface area contributed by atoms with Gasteiger partial charge >= 0.3 is 0 Å². The Hall–Kier alpha value is -2.85. The van der Waals surface area contributed by atoms with Crippen molar-refractivity contribution in [2.75, 3.05) is 11.9 Å². The number of nitrogens with two attached hydrogens (primary N) is 1. The first kappa shape index (κ1) is 20.1. The second-order valence-electron chi connectivity index (χ2n) is 9.51. The van der Waals surface area contributed by atoms with E-state index in [1.807, 2.05) is 6.07 Å². The molecule has 1 aliphatic heterocycles. The number of hydrogen-bond acceptors (Lipinski definition) is 5. The number of nitrogens with zero attached hydrogens (tertiary/aromatic N) is 2. The van der Waals surface area contributed by atoms with Gasteiger partial charge in [0.25, 0.3) is 5.56 Å². The van der Waals surface area contributed by atoms with Crippen LogP contribution >= 0.6 is 0 Å². The number of anilines is 1. The minimum Gasteiger partial charge on any atom is -0.383 e. The van der Waals surface area contributed by atoms with E-state index in [-0.39, 0.29) is 28.8 Å². The van der Waals surface area contributed by atoms with Gasteiger partial charge in [-0.05, 0) is 50.3 Å². The van der Waals surface area contributed by atoms with Gasteiger partial charge in [-0.15, -0.1) is 0 Å². The van der Waals surface area contributed by atoms with Gasteiger partial charge in [0, 0.05) is 36.2 Å². The summed E-state index contributed by atoms with van der Waals surface area (Å²) >= 11 is 0. The third-order valence-corrected chi connectivity index (χ3v) is 7.77. The maximum Gasteiger partial charge on any atom is 0.261 e. The molecule has 1 aromatic rings. The Morgan fingerprint density at radius 1 is 1.42 bits per heavy atom. The van der Waals surface area contributed by atoms with E-state index in [1.165, 1.54) is 12.0 Å². The highest BCUT2D eigenvalue weighted by molar-refractivity contribution is 6.02. The van der Waals surface area contributed by atoms with Crippen LogP contribution in [0.2, 0.25) is 0 Å². The van der Waals surface area contributed by atoms with E-state index in [0.717, 1.165) is 44.3 Å². The first-order valence-corrected chi connectivity index (χ1v) is 11.4. The Kier molecular flexibility index (Phi) is 4.98. The summed E-state index contributed by atoms with van der Waals surface area (Å²) in [6.07, 6.45) is 12.1. The zero-order valence-electron chi connectivity index (χ0n) is 17.9. The molecule has 4 aliphatic rings. The largest absolute Gasteiger partial charge is 0.383 e. The number of H-pyrrole nitrogens is 1. The molecule has 0 aromatic carbocycles. The molecule has 3 fully saturated rings. The van der Waals surface area contributed by atoms with Crippen LogP contribution in [-0.4, -0.2) is 29.4 Å². The summed E-state index contributed by atoms with van der Waals surface area (Å²) in [5.74, 6) is 0.830. The van der Waals surface area contributed by atoms with Crippen LogP contribution in [0, 0.1) is 28.6 Å². The molecular weight excluding hydrogens is 388 g/mol. The number of aromatic amines is 1. The van der Waals surface area contributed by atoms with Gasteiger partial charge in [0.05, 0.1) is 23.4 Å². The van der Waals surface area contributed by atoms with Crippen molar-refractivity contribution in [1.82, 2.24) is 10.3 Å². The molecule has 31 heavy (non-hydrogen) atoms. The third-order valence-electron chi connectivity index (χ3n) is 7.77. The van der Waals surface area contributed by atoms with E-state index in [1.54, 1.807) is 6.20 Å². The van der Waals surface area contributed by atoms with Crippen molar-refractivity contribution < 1.29 is 0 Å². The molecule has 2 saturated carbocycles. The normalized spacial score (nSPS) is 34.5. The minimum atomic E-state index is -0.250. The first-order valence-electron chi connectivity index (χ1n) is 11.4. The predicted octanol–water partition coefficient (Wildman–Crippen LogP) is 2.79. The lowest BCUT2D eigenvalue weighted by Gasteiger charge is -2.28. The smallest absolute Gasteiger partial charge is 0.261 e. The van der Waals surface area contributed by atoms with Crippen LogP contribution in [0.25, 0.3) is 0 Å². The molecule has 7 heteroatoms. The summed E-state index contributed by atoms with van der Waals surface area (Å²) in [5.41, 5.74) is 9.40. The summed E-state index contributed by atoms with van der Waals surface area (Å²) in [6, 6.07) is 5.05. The molecule has 0 radical (unpaired) electrons. The van der Waals surface area contributed by atoms with Gasteiger partial charge in [0.15, 0.2) is 0 Å². The lowest BCUT2D eigenvalue weighted by molar-refractivity contribution is 0.261. The average Bonchev–Trinajstić information content (AvgIpc) is 3.29. The van der Waals surface area contributed by atoms with Crippen molar-refractivity contribution >= 4 is 11.5 Å². The second-order valence-corrected chi connectivity index (χ2v) is 9.51. The summed E-state index contributed by atoms with van der Waals surface area (Å²) in [6.45, 7) is 3.08. The molecule has 5 rings (SSSR count). The molecule has 5 atom stereocenters. The molecule has 0 amide bonds. The zero-order chi connectivity index (χ0) is 21.6. The number of nitriles is 1. The van der Waals surface area contributed by atoms with Crippen molar-refractivity contribution in [1.29, 1.82) is 5.26 Å². The molecule has 2 heterocycles. The minimum absolute atomic E-state index is 0.0380. The van der Waals surface area contributed by atoms with Crippen LogP contribution in [0.15, 0.2) is 45.5 Å². The fraction of sp³-hybridized carbons (Fsp3) is 0.542. The van der Waals surface area contributed by atoms with Crippen LogP contribution in [0.4, 0.5) is 5.69 Å². The Morgan fingerprint density at radius 3 is 3.13 bits per heavy atom. The van der Waals surface area contributed by atoms with Crippen LogP contribution in [0.1, 0.15) is 51.0 Å². The quantitative estimate of drug-likeness (QED) is 0.443. The molecular formula is C24H30N6O. The molecule has 1 aromatic heterocycles. The van der Waals surface area contributed by atoms with Gasteiger partial charge < -0.3 is 21.4 Å². The van der Waals surface area contributed by atoms with Gasteiger partial charge in [-0.2, -0.15) is 5.26 Å². The van der Waals surface area contributed by atoms with Crippen molar-refractivity contribution in [3.8, 4) is 6.07 Å². The van der Waals surface area contributed by atoms with Crippen LogP contribution in [-0.2, 0) is 0 Å². The van der Waals surface area contributed by atoms with Crippen LogP contribution < -0.4 is 21.9 Å². The second kappa shape index (κ2) is 7.69. The van der Waals surface area contributed by atoms with E-state index < -0.39 is 0 Å². The van der Waals surface area contributed by atoms with E-state index in [2.05, 4.69) is 45.8 Å². The van der Waals surface area contributed by atoms with E-state index in [4.69, 9.17) is 5.73 Å². The molecule has 1 saturated heterocycles. The molecule has 7 nitrogen and oxygen atoms in total. The average molecular weight is 419 g/mol. The number of aromatic nitrogens is 1. The number of allylic oxidation sites excluding steroid dienone is 2. The zero-order valence-corrected chi connectivity index (χ0v) is 17.9. The van der Waals surface area contributed by atoms with Gasteiger partial charge in [-0.1, -0.05) is 18.9 Å². The lowest BCUT2D eigenvalue weighted by Crippen LogP contribution is -2.29. The van der Waals surface area contributed by atoms with E-state index in [0.29, 0.717) is 23.2 Å². The first-order chi connectivity index (χ1) is 15.0. The number of fused-ring (bicyclic) bond motifs is 1. The number of nitrogens with one attached hydrogen (secondary N) is 3.